The quantitative estimate of drug-likeness (QED) is 0.468. The number of pyridine rings is 2. The molecule has 1 atom stereocenters. The molecule has 3 heterocycles. The van der Waals surface area contributed by atoms with Gasteiger partial charge in [-0.05, 0) is 24.3 Å². The van der Waals surface area contributed by atoms with Crippen LogP contribution in [0.5, 0.6) is 0 Å². The number of ether oxygens (including phenoxy) is 1. The van der Waals surface area contributed by atoms with Gasteiger partial charge in [0.05, 0.1) is 13.2 Å². The summed E-state index contributed by atoms with van der Waals surface area (Å²) in [5.41, 5.74) is -1.08. The van der Waals surface area contributed by atoms with Crippen molar-refractivity contribution >= 4 is 18.0 Å². The first kappa shape index (κ1) is 15.9. The lowest BCUT2D eigenvalue weighted by atomic mass is 9.88. The van der Waals surface area contributed by atoms with Crippen LogP contribution in [0.2, 0.25) is 0 Å². The number of hydrogen-bond donors (Lipinski definition) is 0. The van der Waals surface area contributed by atoms with Crippen molar-refractivity contribution in [2.75, 3.05) is 19.8 Å². The number of hydrogen-bond acceptors (Lipinski definition) is 6. The van der Waals surface area contributed by atoms with Crippen molar-refractivity contribution in [3.8, 4) is 0 Å². The Morgan fingerprint density at radius 1 is 1.12 bits per heavy atom. The Balaban J connectivity index is 2.01. The van der Waals surface area contributed by atoms with E-state index in [1.807, 2.05) is 0 Å². The summed E-state index contributed by atoms with van der Waals surface area (Å²) in [6.45, 7) is 0.222. The molecule has 0 N–H and O–H groups in total. The van der Waals surface area contributed by atoms with Crippen LogP contribution in [0.3, 0.4) is 0 Å². The van der Waals surface area contributed by atoms with Gasteiger partial charge < -0.3 is 14.4 Å². The van der Waals surface area contributed by atoms with E-state index < -0.39 is 17.2 Å². The summed E-state index contributed by atoms with van der Waals surface area (Å²) < 4.78 is 5.36. The zero-order chi connectivity index (χ0) is 17.0. The second-order valence-electron chi connectivity index (χ2n) is 5.36. The second-order valence-corrected chi connectivity index (χ2v) is 5.36. The average molecular weight is 325 g/mol. The SMILES string of the molecule is O=CC1(C(=O)c2cccnc2)COCCN1C(=O)c1ccncc1. The maximum atomic E-state index is 12.9. The minimum atomic E-state index is -1.69. The molecule has 2 aromatic heterocycles. The number of Topliss-reactive ketones (excluding diaryl/α,β-unsaturated/α-hetero) is 1. The van der Waals surface area contributed by atoms with E-state index in [0.29, 0.717) is 11.8 Å². The van der Waals surface area contributed by atoms with Crippen molar-refractivity contribution in [2.24, 2.45) is 0 Å². The Bertz CT molecular complexity index is 751. The van der Waals surface area contributed by atoms with Crippen molar-refractivity contribution in [2.45, 2.75) is 5.54 Å². The Hall–Kier alpha value is -2.93. The number of amides is 1. The zero-order valence-electron chi connectivity index (χ0n) is 12.8. The molecule has 0 bridgehead atoms. The van der Waals surface area contributed by atoms with Crippen LogP contribution in [0.4, 0.5) is 0 Å². The number of carbonyl (C=O) groups is 3. The highest BCUT2D eigenvalue weighted by atomic mass is 16.5. The third-order valence-corrected chi connectivity index (χ3v) is 3.95. The van der Waals surface area contributed by atoms with Crippen LogP contribution in [0, 0.1) is 0 Å². The topological polar surface area (TPSA) is 89.5 Å². The molecule has 1 unspecified atom stereocenters. The van der Waals surface area contributed by atoms with Crippen molar-refractivity contribution < 1.29 is 19.1 Å². The summed E-state index contributed by atoms with van der Waals surface area (Å²) in [4.78, 5) is 46.7. The molecule has 7 heteroatoms. The number of carbonyl (C=O) groups excluding carboxylic acids is 3. The number of rotatable bonds is 4. The molecule has 3 rings (SSSR count). The van der Waals surface area contributed by atoms with Crippen LogP contribution in [-0.2, 0) is 9.53 Å². The molecule has 1 aliphatic heterocycles. The third kappa shape index (κ3) is 2.69. The summed E-state index contributed by atoms with van der Waals surface area (Å²) in [5.74, 6) is -0.919. The number of ketones is 1. The molecule has 1 fully saturated rings. The molecule has 24 heavy (non-hydrogen) atoms. The molecule has 1 amide bonds. The van der Waals surface area contributed by atoms with E-state index in [1.165, 1.54) is 29.7 Å². The molecular weight excluding hydrogens is 310 g/mol. The van der Waals surface area contributed by atoms with Crippen LogP contribution in [-0.4, -0.2) is 58.1 Å². The molecule has 0 saturated carbocycles. The van der Waals surface area contributed by atoms with Gasteiger partial charge in [0.25, 0.3) is 5.91 Å². The van der Waals surface area contributed by atoms with Gasteiger partial charge in [0.2, 0.25) is 0 Å². The standard InChI is InChI=1S/C17H15N3O4/c21-11-17(15(22)14-2-1-5-19-10-14)12-24-9-8-20(17)16(23)13-3-6-18-7-4-13/h1-7,10-11H,8-9,12H2. The van der Waals surface area contributed by atoms with E-state index >= 15 is 0 Å². The predicted molar refractivity (Wildman–Crippen MR) is 83.5 cm³/mol. The minimum Gasteiger partial charge on any atom is -0.376 e. The fourth-order valence-electron chi connectivity index (χ4n) is 2.68. The first-order valence-corrected chi connectivity index (χ1v) is 7.40. The summed E-state index contributed by atoms with van der Waals surface area (Å²) in [7, 11) is 0. The van der Waals surface area contributed by atoms with Gasteiger partial charge in [-0.3, -0.25) is 19.6 Å². The molecule has 0 aliphatic carbocycles. The van der Waals surface area contributed by atoms with E-state index in [2.05, 4.69) is 9.97 Å². The summed E-state index contributed by atoms with van der Waals surface area (Å²) in [5, 5.41) is 0. The monoisotopic (exact) mass is 325 g/mol. The fourth-order valence-corrected chi connectivity index (χ4v) is 2.68. The van der Waals surface area contributed by atoms with Gasteiger partial charge in [-0.25, -0.2) is 0 Å². The first-order valence-electron chi connectivity index (χ1n) is 7.40. The van der Waals surface area contributed by atoms with Crippen LogP contribution in [0.15, 0.2) is 49.1 Å². The van der Waals surface area contributed by atoms with E-state index in [9.17, 15) is 14.4 Å². The Labute approximate surface area is 138 Å². The van der Waals surface area contributed by atoms with Crippen LogP contribution >= 0.6 is 0 Å². The highest BCUT2D eigenvalue weighted by Gasteiger charge is 2.49. The van der Waals surface area contributed by atoms with Gasteiger partial charge in [-0.1, -0.05) is 0 Å². The normalized spacial score (nSPS) is 20.4. The zero-order valence-corrected chi connectivity index (χ0v) is 12.8. The molecular formula is C17H15N3O4. The fraction of sp³-hybridized carbons (Fsp3) is 0.235. The van der Waals surface area contributed by atoms with Gasteiger partial charge in [0, 0.05) is 42.5 Å². The largest absolute Gasteiger partial charge is 0.376 e. The van der Waals surface area contributed by atoms with Gasteiger partial charge in [-0.2, -0.15) is 0 Å². The van der Waals surface area contributed by atoms with E-state index in [4.69, 9.17) is 4.74 Å². The Morgan fingerprint density at radius 3 is 2.58 bits per heavy atom. The van der Waals surface area contributed by atoms with E-state index in [-0.39, 0.29) is 25.3 Å². The third-order valence-electron chi connectivity index (χ3n) is 3.95. The average Bonchev–Trinajstić information content (AvgIpc) is 2.68. The lowest BCUT2D eigenvalue weighted by molar-refractivity contribution is -0.122. The van der Waals surface area contributed by atoms with Crippen molar-refractivity contribution in [1.82, 2.24) is 14.9 Å². The molecule has 1 saturated heterocycles. The van der Waals surface area contributed by atoms with Gasteiger partial charge in [-0.15, -0.1) is 0 Å². The predicted octanol–water partition coefficient (Wildman–Crippen LogP) is 0.770. The number of nitrogens with zero attached hydrogens (tertiary/aromatic N) is 3. The number of aromatic nitrogens is 2. The van der Waals surface area contributed by atoms with E-state index in [0.717, 1.165) is 0 Å². The van der Waals surface area contributed by atoms with Gasteiger partial charge in [0.1, 0.15) is 0 Å². The van der Waals surface area contributed by atoms with Crippen molar-refractivity contribution in [3.05, 3.63) is 60.2 Å². The molecule has 0 aromatic carbocycles. The van der Waals surface area contributed by atoms with Crippen LogP contribution in [0.25, 0.3) is 0 Å². The Morgan fingerprint density at radius 2 is 1.92 bits per heavy atom. The van der Waals surface area contributed by atoms with Crippen LogP contribution in [0.1, 0.15) is 20.7 Å². The molecule has 122 valence electrons. The lowest BCUT2D eigenvalue weighted by Gasteiger charge is -2.41. The molecule has 0 radical (unpaired) electrons. The molecule has 2 aromatic rings. The second kappa shape index (κ2) is 6.67. The number of morpholine rings is 1. The molecule has 1 aliphatic rings. The molecule has 0 spiro atoms. The summed E-state index contributed by atoms with van der Waals surface area (Å²) >= 11 is 0. The van der Waals surface area contributed by atoms with Crippen molar-refractivity contribution in [3.63, 3.8) is 0 Å². The maximum absolute atomic E-state index is 12.9. The first-order chi connectivity index (χ1) is 11.7. The van der Waals surface area contributed by atoms with Gasteiger partial charge >= 0.3 is 0 Å². The molecule has 7 nitrogen and oxygen atoms in total. The van der Waals surface area contributed by atoms with Crippen molar-refractivity contribution in [1.29, 1.82) is 0 Å². The number of aldehydes is 1. The maximum Gasteiger partial charge on any atom is 0.255 e. The Kier molecular flexibility index (Phi) is 4.43. The lowest BCUT2D eigenvalue weighted by Crippen LogP contribution is -2.64. The van der Waals surface area contributed by atoms with E-state index in [1.54, 1.807) is 24.3 Å². The van der Waals surface area contributed by atoms with Gasteiger partial charge in [0.15, 0.2) is 17.6 Å². The van der Waals surface area contributed by atoms with Crippen LogP contribution < -0.4 is 0 Å². The summed E-state index contributed by atoms with van der Waals surface area (Å²) in [6, 6.07) is 6.25. The highest BCUT2D eigenvalue weighted by Crippen LogP contribution is 2.25. The summed E-state index contributed by atoms with van der Waals surface area (Å²) in [6.07, 6.45) is 6.36. The minimum absolute atomic E-state index is 0.145. The smallest absolute Gasteiger partial charge is 0.255 e. The highest BCUT2D eigenvalue weighted by molar-refractivity contribution is 6.15.